The molecule has 0 aliphatic rings. The van der Waals surface area contributed by atoms with Gasteiger partial charge in [0.05, 0.1) is 6.61 Å². The lowest BCUT2D eigenvalue weighted by molar-refractivity contribution is 0.112. The highest BCUT2D eigenvalue weighted by atomic mass is 32.1. The number of aldehydes is 1. The molecule has 0 aliphatic carbocycles. The zero-order valence-electron chi connectivity index (χ0n) is 6.86. The zero-order chi connectivity index (χ0) is 9.26. The van der Waals surface area contributed by atoms with Gasteiger partial charge < -0.3 is 5.11 Å². The van der Waals surface area contributed by atoms with Crippen LogP contribution in [0.4, 0.5) is 0 Å². The van der Waals surface area contributed by atoms with Gasteiger partial charge in [-0.1, -0.05) is 18.2 Å². The minimum absolute atomic E-state index is 0.0240. The quantitative estimate of drug-likeness (QED) is 0.741. The molecule has 0 unspecified atom stereocenters. The lowest BCUT2D eigenvalue weighted by Crippen LogP contribution is -1.82. The van der Waals surface area contributed by atoms with Gasteiger partial charge in [-0.25, -0.2) is 0 Å². The van der Waals surface area contributed by atoms with E-state index in [2.05, 4.69) is 0 Å². The van der Waals surface area contributed by atoms with Gasteiger partial charge >= 0.3 is 0 Å². The first-order valence-corrected chi connectivity index (χ1v) is 4.80. The molecule has 0 bridgehead atoms. The molecule has 2 aromatic rings. The van der Waals surface area contributed by atoms with Gasteiger partial charge in [0.1, 0.15) is 0 Å². The molecule has 3 heteroatoms. The number of rotatable bonds is 2. The highest BCUT2D eigenvalue weighted by Crippen LogP contribution is 2.27. The highest BCUT2D eigenvalue weighted by Gasteiger charge is 2.05. The van der Waals surface area contributed by atoms with Crippen molar-refractivity contribution in [2.45, 2.75) is 6.61 Å². The highest BCUT2D eigenvalue weighted by molar-refractivity contribution is 7.17. The molecule has 0 aliphatic heterocycles. The molecule has 2 rings (SSSR count). The first kappa shape index (κ1) is 8.41. The first-order valence-electron chi connectivity index (χ1n) is 3.92. The minimum Gasteiger partial charge on any atom is -0.392 e. The van der Waals surface area contributed by atoms with Crippen molar-refractivity contribution in [2.24, 2.45) is 0 Å². The molecular weight excluding hydrogens is 184 g/mol. The predicted molar refractivity (Wildman–Crippen MR) is 53.1 cm³/mol. The number of hydrogen-bond donors (Lipinski definition) is 1. The summed E-state index contributed by atoms with van der Waals surface area (Å²) in [5.41, 5.74) is 1.59. The Morgan fingerprint density at radius 2 is 2.31 bits per heavy atom. The van der Waals surface area contributed by atoms with Crippen molar-refractivity contribution in [3.63, 3.8) is 0 Å². The molecule has 0 amide bonds. The molecule has 0 saturated carbocycles. The molecule has 0 fully saturated rings. The number of fused-ring (bicyclic) bond motifs is 1. The summed E-state index contributed by atoms with van der Waals surface area (Å²) in [7, 11) is 0. The van der Waals surface area contributed by atoms with E-state index >= 15 is 0 Å². The fourth-order valence-corrected chi connectivity index (χ4v) is 2.38. The first-order chi connectivity index (χ1) is 6.36. The molecule has 1 N–H and O–H groups in total. The van der Waals surface area contributed by atoms with Crippen LogP contribution in [0, 0.1) is 0 Å². The average Bonchev–Trinajstić information content (AvgIpc) is 2.60. The summed E-state index contributed by atoms with van der Waals surface area (Å²) in [6, 6.07) is 5.62. The van der Waals surface area contributed by atoms with E-state index in [1.54, 1.807) is 0 Å². The molecule has 0 atom stereocenters. The van der Waals surface area contributed by atoms with Gasteiger partial charge in [0.25, 0.3) is 0 Å². The summed E-state index contributed by atoms with van der Waals surface area (Å²) in [6.45, 7) is 0.0240. The Hall–Kier alpha value is -1.19. The van der Waals surface area contributed by atoms with E-state index < -0.39 is 0 Å². The fourth-order valence-electron chi connectivity index (χ4n) is 1.35. The van der Waals surface area contributed by atoms with E-state index in [0.717, 1.165) is 21.9 Å². The second-order valence-corrected chi connectivity index (χ2v) is 3.64. The Balaban J connectivity index is 2.79. The SMILES string of the molecule is O=Cc1csc2c(CO)cccc12. The molecule has 1 aromatic heterocycles. The number of aliphatic hydroxyl groups is 1. The van der Waals surface area contributed by atoms with E-state index in [0.29, 0.717) is 5.56 Å². The van der Waals surface area contributed by atoms with E-state index in [1.807, 2.05) is 23.6 Å². The number of benzene rings is 1. The summed E-state index contributed by atoms with van der Waals surface area (Å²) in [6.07, 6.45) is 0.847. The lowest BCUT2D eigenvalue weighted by Gasteiger charge is -1.97. The van der Waals surface area contributed by atoms with Crippen molar-refractivity contribution in [1.29, 1.82) is 0 Å². The number of hydrogen-bond acceptors (Lipinski definition) is 3. The molecule has 0 radical (unpaired) electrons. The maximum atomic E-state index is 10.6. The van der Waals surface area contributed by atoms with Gasteiger partial charge in [0.2, 0.25) is 0 Å². The standard InChI is InChI=1S/C10H8O2S/c11-4-7-2-1-3-9-8(5-12)6-13-10(7)9/h1-3,5-6,11H,4H2. The van der Waals surface area contributed by atoms with Gasteiger partial charge in [-0.3, -0.25) is 4.79 Å². The summed E-state index contributed by atoms with van der Waals surface area (Å²) >= 11 is 1.50. The number of carbonyl (C=O) groups is 1. The Morgan fingerprint density at radius 3 is 3.00 bits per heavy atom. The van der Waals surface area contributed by atoms with Crippen LogP contribution < -0.4 is 0 Å². The predicted octanol–water partition coefficient (Wildman–Crippen LogP) is 2.21. The molecule has 1 heterocycles. The third-order valence-electron chi connectivity index (χ3n) is 2.01. The van der Waals surface area contributed by atoms with E-state index in [-0.39, 0.29) is 6.61 Å². The van der Waals surface area contributed by atoms with Crippen LogP contribution in [-0.2, 0) is 6.61 Å². The van der Waals surface area contributed by atoms with Crippen LogP contribution >= 0.6 is 11.3 Å². The van der Waals surface area contributed by atoms with Gasteiger partial charge in [0, 0.05) is 21.0 Å². The third-order valence-corrected chi connectivity index (χ3v) is 3.10. The topological polar surface area (TPSA) is 37.3 Å². The molecule has 1 aromatic carbocycles. The maximum absolute atomic E-state index is 10.6. The smallest absolute Gasteiger partial charge is 0.151 e. The summed E-state index contributed by atoms with van der Waals surface area (Å²) in [4.78, 5) is 10.6. The largest absolute Gasteiger partial charge is 0.392 e. The van der Waals surface area contributed by atoms with Crippen molar-refractivity contribution in [2.75, 3.05) is 0 Å². The van der Waals surface area contributed by atoms with Crippen LogP contribution in [0.2, 0.25) is 0 Å². The zero-order valence-corrected chi connectivity index (χ0v) is 7.67. The Kier molecular flexibility index (Phi) is 2.12. The summed E-state index contributed by atoms with van der Waals surface area (Å²) < 4.78 is 1.01. The normalized spacial score (nSPS) is 10.5. The van der Waals surface area contributed by atoms with Crippen LogP contribution in [0.3, 0.4) is 0 Å². The van der Waals surface area contributed by atoms with Gasteiger partial charge in [-0.2, -0.15) is 0 Å². The van der Waals surface area contributed by atoms with Gasteiger partial charge in [-0.05, 0) is 5.56 Å². The number of aliphatic hydroxyl groups excluding tert-OH is 1. The monoisotopic (exact) mass is 192 g/mol. The van der Waals surface area contributed by atoms with Gasteiger partial charge in [-0.15, -0.1) is 11.3 Å². The van der Waals surface area contributed by atoms with Crippen molar-refractivity contribution in [3.8, 4) is 0 Å². The molecule has 2 nitrogen and oxygen atoms in total. The van der Waals surface area contributed by atoms with Crippen molar-refractivity contribution in [3.05, 3.63) is 34.7 Å². The molecular formula is C10H8O2S. The number of carbonyl (C=O) groups excluding carboxylic acids is 1. The Bertz CT molecular complexity index is 445. The van der Waals surface area contributed by atoms with E-state index in [4.69, 9.17) is 5.11 Å². The second kappa shape index (κ2) is 3.28. The fraction of sp³-hybridized carbons (Fsp3) is 0.100. The minimum atomic E-state index is 0.0240. The molecule has 0 saturated heterocycles. The van der Waals surface area contributed by atoms with Crippen molar-refractivity contribution < 1.29 is 9.90 Å². The van der Waals surface area contributed by atoms with Crippen molar-refractivity contribution >= 4 is 27.7 Å². The lowest BCUT2D eigenvalue weighted by atomic mass is 10.1. The van der Waals surface area contributed by atoms with Crippen LogP contribution in [0.5, 0.6) is 0 Å². The van der Waals surface area contributed by atoms with Crippen LogP contribution in [-0.4, -0.2) is 11.4 Å². The van der Waals surface area contributed by atoms with Crippen LogP contribution in [0.25, 0.3) is 10.1 Å². The van der Waals surface area contributed by atoms with E-state index in [1.165, 1.54) is 11.3 Å². The summed E-state index contributed by atoms with van der Waals surface area (Å²) in [5.74, 6) is 0. The molecule has 66 valence electrons. The van der Waals surface area contributed by atoms with Crippen LogP contribution in [0.15, 0.2) is 23.6 Å². The summed E-state index contributed by atoms with van der Waals surface area (Å²) in [5, 5.41) is 11.8. The Morgan fingerprint density at radius 1 is 1.46 bits per heavy atom. The number of thiophene rings is 1. The van der Waals surface area contributed by atoms with E-state index in [9.17, 15) is 4.79 Å². The third kappa shape index (κ3) is 1.26. The average molecular weight is 192 g/mol. The Labute approximate surface area is 79.4 Å². The molecule has 0 spiro atoms. The van der Waals surface area contributed by atoms with Crippen molar-refractivity contribution in [1.82, 2.24) is 0 Å². The van der Waals surface area contributed by atoms with Crippen LogP contribution in [0.1, 0.15) is 15.9 Å². The second-order valence-electron chi connectivity index (χ2n) is 2.76. The molecule has 13 heavy (non-hydrogen) atoms. The maximum Gasteiger partial charge on any atom is 0.151 e. The van der Waals surface area contributed by atoms with Gasteiger partial charge in [0.15, 0.2) is 6.29 Å².